The Hall–Kier alpha value is -8.10. The van der Waals surface area contributed by atoms with Gasteiger partial charge in [-0.3, -0.25) is 4.90 Å². The minimum Gasteiger partial charge on any atom is -0.444 e. The summed E-state index contributed by atoms with van der Waals surface area (Å²) in [6.45, 7) is 36.6. The third-order valence-electron chi connectivity index (χ3n) is 17.0. The Labute approximate surface area is 532 Å². The summed E-state index contributed by atoms with van der Waals surface area (Å²) in [5.74, 6) is 8.31. The van der Waals surface area contributed by atoms with Gasteiger partial charge in [0.05, 0.1) is 0 Å². The van der Waals surface area contributed by atoms with Crippen molar-refractivity contribution in [3.8, 4) is 0 Å². The quantitative estimate of drug-likeness (QED) is 0.0923. The van der Waals surface area contributed by atoms with Gasteiger partial charge < -0.3 is 72.9 Å². The van der Waals surface area contributed by atoms with E-state index in [0.29, 0.717) is 34.5 Å². The van der Waals surface area contributed by atoms with E-state index in [-0.39, 0.29) is 29.3 Å². The van der Waals surface area contributed by atoms with Gasteiger partial charge in [0.25, 0.3) is 0 Å². The number of nitrogens with zero attached hydrogens (tertiary/aromatic N) is 17. The maximum Gasteiger partial charge on any atom is 0.410 e. The molecule has 5 aliphatic heterocycles. The zero-order chi connectivity index (χ0) is 65.6. The second kappa shape index (κ2) is 30.1. The first-order valence-corrected chi connectivity index (χ1v) is 31.8. The van der Waals surface area contributed by atoms with Crippen molar-refractivity contribution in [2.45, 2.75) is 163 Å². The first-order valence-electron chi connectivity index (χ1n) is 31.8. The number of carbonyl (C=O) groups excluding carboxylic acids is 2. The standard InChI is InChI=1S/C16H27N5O2.C15H23N5O2.C12H21N5.2C10H16N4/c1-15(2,3)23-14(22)20(5)16(4)8-10-21(11-9-16)13-7-6-12(17)18-19-13;1-14(2,3)22-13(21)17-10-6-15(7-10)8-20(9-15)12-5-4-11(16)18-19-12;1-12(2,3)17-8-6-16(7-9-17)11-5-4-10(13)14-15-11;2*1-8-3-2-6-14(7-8)10-5-4-9(11)12-13-10/h6-7H,8-11H2,1-5H3,(H2,17,18);4-5,10H,6-9H2,1-3H3,(H2,16,18)(H,17,21);4-5H,6-9H2,1-3H3,(H2,13,14);2*4-5,8H,2-3,6-7H2,1H3,(H2,11,12)/t;;;2*8-/m...10/s1. The number of nitrogens with one attached hydrogen (secondary N) is 1. The van der Waals surface area contributed by atoms with Crippen molar-refractivity contribution in [2.24, 2.45) is 17.3 Å². The highest BCUT2D eigenvalue weighted by Gasteiger charge is 2.53. The molecule has 494 valence electrons. The van der Waals surface area contributed by atoms with Crippen LogP contribution in [0.15, 0.2) is 60.7 Å². The number of ether oxygens (including phenoxy) is 2. The first kappa shape index (κ1) is 69.4. The Morgan fingerprint density at radius 2 is 0.856 bits per heavy atom. The van der Waals surface area contributed by atoms with E-state index in [2.05, 4.69) is 127 Å². The normalized spacial score (nSPS) is 19.9. The predicted octanol–water partition coefficient (Wildman–Crippen LogP) is 7.41. The average molecular weight is 1250 g/mol. The van der Waals surface area contributed by atoms with Gasteiger partial charge >= 0.3 is 12.2 Å². The summed E-state index contributed by atoms with van der Waals surface area (Å²) < 4.78 is 10.8. The maximum absolute atomic E-state index is 12.3. The average Bonchev–Trinajstić information content (AvgIpc) is 0.740. The van der Waals surface area contributed by atoms with Gasteiger partial charge in [-0.2, -0.15) is 0 Å². The van der Waals surface area contributed by atoms with Crippen LogP contribution in [0.25, 0.3) is 0 Å². The number of hydrogen-bond acceptors (Lipinski definition) is 25. The summed E-state index contributed by atoms with van der Waals surface area (Å²) in [5.41, 5.74) is 27.0. The molecule has 27 nitrogen and oxygen atoms in total. The lowest BCUT2D eigenvalue weighted by atomic mass is 9.60. The lowest BCUT2D eigenvalue weighted by molar-refractivity contribution is 0.00337. The SMILES string of the molecule is CC(C)(C)N1CCN(c2ccc(N)nn2)CC1.CC(C)(C)OC(=O)NC1CC2(C1)CN(c1ccc(N)nn1)C2.CN(C(=O)OC(C)(C)C)C1(C)CCN(c2ccc(N)nn2)CC1.C[C@@H]1CCCN(c2ccc(N)nn2)C1.C[C@H]1CCCN(c2ccc(N)nn2)C1. The molecule has 5 saturated heterocycles. The van der Waals surface area contributed by atoms with Crippen molar-refractivity contribution in [3.05, 3.63) is 60.7 Å². The molecular weight excluding hydrogens is 1140 g/mol. The highest BCUT2D eigenvalue weighted by molar-refractivity contribution is 5.69. The smallest absolute Gasteiger partial charge is 0.410 e. The summed E-state index contributed by atoms with van der Waals surface area (Å²) >= 11 is 0. The summed E-state index contributed by atoms with van der Waals surface area (Å²) in [6.07, 6.45) is 8.19. The van der Waals surface area contributed by atoms with E-state index in [1.807, 2.05) is 91.1 Å². The number of hydrogen-bond donors (Lipinski definition) is 6. The Bertz CT molecular complexity index is 2920. The van der Waals surface area contributed by atoms with Gasteiger partial charge in [0.2, 0.25) is 0 Å². The lowest BCUT2D eigenvalue weighted by Gasteiger charge is -2.59. The number of carbonyl (C=O) groups is 2. The Morgan fingerprint density at radius 1 is 0.500 bits per heavy atom. The molecule has 0 bridgehead atoms. The molecule has 1 aliphatic carbocycles. The number of alkyl carbamates (subject to hydrolysis) is 1. The van der Waals surface area contributed by atoms with E-state index in [0.717, 1.165) is 145 Å². The largest absolute Gasteiger partial charge is 0.444 e. The molecule has 10 heterocycles. The van der Waals surface area contributed by atoms with E-state index in [1.165, 1.54) is 25.7 Å². The van der Waals surface area contributed by atoms with Crippen LogP contribution < -0.4 is 58.5 Å². The molecule has 11 rings (SSSR count). The highest BCUT2D eigenvalue weighted by atomic mass is 16.6. The fraction of sp³-hybridized carbons (Fsp3) is 0.651. The fourth-order valence-electron chi connectivity index (χ4n) is 11.8. The van der Waals surface area contributed by atoms with Crippen molar-refractivity contribution in [1.82, 2.24) is 66.1 Å². The zero-order valence-electron chi connectivity index (χ0n) is 55.8. The summed E-state index contributed by atoms with van der Waals surface area (Å²) in [6, 6.07) is 18.8. The van der Waals surface area contributed by atoms with Crippen molar-refractivity contribution < 1.29 is 19.1 Å². The van der Waals surface area contributed by atoms with Crippen molar-refractivity contribution in [3.63, 3.8) is 0 Å². The first-order chi connectivity index (χ1) is 42.3. The molecule has 90 heavy (non-hydrogen) atoms. The number of amides is 2. The van der Waals surface area contributed by atoms with Crippen LogP contribution in [-0.2, 0) is 9.47 Å². The number of piperazine rings is 1. The molecule has 1 saturated carbocycles. The Morgan fingerprint density at radius 3 is 1.19 bits per heavy atom. The van der Waals surface area contributed by atoms with Crippen LogP contribution in [0.4, 0.5) is 67.8 Å². The van der Waals surface area contributed by atoms with Crippen LogP contribution in [0.1, 0.15) is 134 Å². The molecule has 2 amide bonds. The molecule has 2 atom stereocenters. The van der Waals surface area contributed by atoms with Crippen LogP contribution in [0.5, 0.6) is 0 Å². The van der Waals surface area contributed by atoms with Crippen molar-refractivity contribution in [1.29, 1.82) is 0 Å². The number of nitrogen functional groups attached to an aromatic ring is 5. The Balaban J connectivity index is 0.000000162. The van der Waals surface area contributed by atoms with E-state index in [4.69, 9.17) is 38.1 Å². The number of anilines is 10. The molecule has 6 aliphatic rings. The van der Waals surface area contributed by atoms with Gasteiger partial charge in [-0.25, -0.2) is 9.59 Å². The molecule has 0 radical (unpaired) electrons. The molecule has 11 N–H and O–H groups in total. The molecule has 6 fully saturated rings. The maximum atomic E-state index is 12.3. The minimum absolute atomic E-state index is 0.217. The van der Waals surface area contributed by atoms with Gasteiger partial charge in [-0.15, -0.1) is 51.0 Å². The van der Waals surface area contributed by atoms with Gasteiger partial charge in [-0.1, -0.05) is 13.8 Å². The highest BCUT2D eigenvalue weighted by Crippen LogP contribution is 2.49. The van der Waals surface area contributed by atoms with E-state index < -0.39 is 11.2 Å². The summed E-state index contributed by atoms with van der Waals surface area (Å²) in [5, 5.41) is 42.8. The van der Waals surface area contributed by atoms with Crippen LogP contribution in [0, 0.1) is 17.3 Å². The topological polar surface area (TPSA) is 346 Å². The zero-order valence-corrected chi connectivity index (χ0v) is 55.8. The van der Waals surface area contributed by atoms with Crippen LogP contribution in [0.3, 0.4) is 0 Å². The lowest BCUT2D eigenvalue weighted by Crippen LogP contribution is -2.67. The summed E-state index contributed by atoms with van der Waals surface area (Å²) in [7, 11) is 1.81. The second-order valence-corrected chi connectivity index (χ2v) is 28.2. The minimum atomic E-state index is -0.484. The van der Waals surface area contributed by atoms with Crippen molar-refractivity contribution >= 4 is 70.4 Å². The molecule has 0 unspecified atom stereocenters. The number of piperidine rings is 3. The molecule has 27 heteroatoms. The monoisotopic (exact) mass is 1250 g/mol. The fourth-order valence-corrected chi connectivity index (χ4v) is 11.8. The van der Waals surface area contributed by atoms with E-state index >= 15 is 0 Å². The van der Waals surface area contributed by atoms with E-state index in [9.17, 15) is 9.59 Å². The molecule has 5 aromatic rings. The van der Waals surface area contributed by atoms with Gasteiger partial charge in [0, 0.05) is 108 Å². The van der Waals surface area contributed by atoms with Crippen LogP contribution >= 0.6 is 0 Å². The van der Waals surface area contributed by atoms with Gasteiger partial charge in [-0.05, 0) is 193 Å². The van der Waals surface area contributed by atoms with Crippen LogP contribution in [-0.4, -0.2) is 187 Å². The molecule has 0 aromatic carbocycles. The molecule has 1 spiro atoms. The van der Waals surface area contributed by atoms with E-state index in [1.54, 1.807) is 23.1 Å². The predicted molar refractivity (Wildman–Crippen MR) is 358 cm³/mol. The van der Waals surface area contributed by atoms with Gasteiger partial charge in [0.1, 0.15) is 40.3 Å². The van der Waals surface area contributed by atoms with Crippen LogP contribution in [0.2, 0.25) is 0 Å². The number of rotatable bonds is 7. The molecule has 5 aromatic heterocycles. The number of aromatic nitrogens is 10. The summed E-state index contributed by atoms with van der Waals surface area (Å²) in [4.78, 5) is 39.4. The Kier molecular flexibility index (Phi) is 23.2. The third-order valence-corrected chi connectivity index (χ3v) is 17.0. The third kappa shape index (κ3) is 21.0. The van der Waals surface area contributed by atoms with Gasteiger partial charge in [0.15, 0.2) is 29.1 Å². The van der Waals surface area contributed by atoms with Crippen molar-refractivity contribution in [2.75, 3.05) is 139 Å². The molecular formula is C63H103N23O4. The second-order valence-electron chi connectivity index (χ2n) is 28.2. The number of nitrogens with two attached hydrogens (primary N) is 5.